The van der Waals surface area contributed by atoms with Crippen molar-refractivity contribution < 1.29 is 19.4 Å². The molecule has 2 saturated heterocycles. The number of amides is 1. The SMILES string of the molecule is CC1(CO)COC2(OC1)C(=O)N(CN1CCCCC1)c1ccccc12. The van der Waals surface area contributed by atoms with Crippen LogP contribution < -0.4 is 4.90 Å². The van der Waals surface area contributed by atoms with Crippen molar-refractivity contribution in [1.82, 2.24) is 4.90 Å². The molecular formula is C19H26N2O4. The Hall–Kier alpha value is -1.47. The van der Waals surface area contributed by atoms with Gasteiger partial charge in [-0.15, -0.1) is 0 Å². The molecule has 6 nitrogen and oxygen atoms in total. The van der Waals surface area contributed by atoms with E-state index in [4.69, 9.17) is 9.47 Å². The summed E-state index contributed by atoms with van der Waals surface area (Å²) in [4.78, 5) is 17.4. The minimum Gasteiger partial charge on any atom is -0.396 e. The molecule has 0 radical (unpaired) electrons. The maximum Gasteiger partial charge on any atom is 0.293 e. The van der Waals surface area contributed by atoms with E-state index < -0.39 is 11.2 Å². The zero-order valence-corrected chi connectivity index (χ0v) is 14.7. The Morgan fingerprint density at radius 3 is 2.48 bits per heavy atom. The second kappa shape index (κ2) is 6.36. The van der Waals surface area contributed by atoms with Crippen molar-refractivity contribution in [2.75, 3.05) is 44.5 Å². The zero-order valence-electron chi connectivity index (χ0n) is 14.7. The van der Waals surface area contributed by atoms with E-state index in [2.05, 4.69) is 4.90 Å². The number of nitrogens with zero attached hydrogens (tertiary/aromatic N) is 2. The highest BCUT2D eigenvalue weighted by Crippen LogP contribution is 2.47. The maximum atomic E-state index is 13.3. The van der Waals surface area contributed by atoms with E-state index in [0.717, 1.165) is 24.3 Å². The van der Waals surface area contributed by atoms with Gasteiger partial charge in [0.2, 0.25) is 0 Å². The predicted molar refractivity (Wildman–Crippen MR) is 93.0 cm³/mol. The number of aliphatic hydroxyl groups is 1. The molecule has 25 heavy (non-hydrogen) atoms. The molecule has 2 fully saturated rings. The summed E-state index contributed by atoms with van der Waals surface area (Å²) in [6, 6.07) is 7.71. The number of hydrogen-bond donors (Lipinski definition) is 1. The molecule has 0 aliphatic carbocycles. The molecule has 1 spiro atoms. The molecule has 1 N–H and O–H groups in total. The highest BCUT2D eigenvalue weighted by molar-refractivity contribution is 6.06. The normalized spacial score (nSPS) is 33.0. The van der Waals surface area contributed by atoms with Crippen LogP contribution in [0.2, 0.25) is 0 Å². The summed E-state index contributed by atoms with van der Waals surface area (Å²) in [5, 5.41) is 9.55. The first-order valence-corrected chi connectivity index (χ1v) is 9.11. The molecule has 0 unspecified atom stereocenters. The van der Waals surface area contributed by atoms with Gasteiger partial charge in [0.1, 0.15) is 0 Å². The fourth-order valence-corrected chi connectivity index (χ4v) is 3.84. The lowest BCUT2D eigenvalue weighted by atomic mass is 9.92. The first-order chi connectivity index (χ1) is 12.1. The van der Waals surface area contributed by atoms with Gasteiger partial charge in [-0.1, -0.05) is 31.5 Å². The first-order valence-electron chi connectivity index (χ1n) is 9.11. The lowest BCUT2D eigenvalue weighted by Gasteiger charge is -2.41. The van der Waals surface area contributed by atoms with Gasteiger partial charge >= 0.3 is 0 Å². The standard InChI is InChI=1S/C19H26N2O4/c1-18(11-22)12-24-19(25-13-18)15-7-3-4-8-16(15)21(17(19)23)14-20-9-5-2-6-10-20/h3-4,7-8,22H,2,5-6,9-14H2,1H3. The molecule has 0 bridgehead atoms. The van der Waals surface area contributed by atoms with Crippen LogP contribution in [0, 0.1) is 5.41 Å². The Kier molecular flexibility index (Phi) is 4.32. The van der Waals surface area contributed by atoms with Crippen LogP contribution in [-0.4, -0.2) is 55.5 Å². The van der Waals surface area contributed by atoms with Crippen LogP contribution in [-0.2, 0) is 20.1 Å². The van der Waals surface area contributed by atoms with Crippen molar-refractivity contribution in [1.29, 1.82) is 0 Å². The van der Waals surface area contributed by atoms with Crippen LogP contribution in [0.3, 0.4) is 0 Å². The van der Waals surface area contributed by atoms with E-state index in [1.54, 1.807) is 4.90 Å². The van der Waals surface area contributed by atoms with Crippen molar-refractivity contribution in [3.05, 3.63) is 29.8 Å². The van der Waals surface area contributed by atoms with E-state index in [9.17, 15) is 9.90 Å². The summed E-state index contributed by atoms with van der Waals surface area (Å²) in [5.41, 5.74) is 1.17. The fourth-order valence-electron chi connectivity index (χ4n) is 3.84. The molecule has 0 saturated carbocycles. The summed E-state index contributed by atoms with van der Waals surface area (Å²) in [5.74, 6) is -1.51. The summed E-state index contributed by atoms with van der Waals surface area (Å²) in [6.45, 7) is 5.06. The van der Waals surface area contributed by atoms with Crippen LogP contribution in [0.15, 0.2) is 24.3 Å². The van der Waals surface area contributed by atoms with E-state index >= 15 is 0 Å². The first kappa shape index (κ1) is 17.0. The number of benzene rings is 1. The monoisotopic (exact) mass is 346 g/mol. The summed E-state index contributed by atoms with van der Waals surface area (Å²) >= 11 is 0. The van der Waals surface area contributed by atoms with Gasteiger partial charge in [0.15, 0.2) is 0 Å². The van der Waals surface area contributed by atoms with E-state index in [1.165, 1.54) is 19.3 Å². The minimum absolute atomic E-state index is 0.0313. The third-order valence-electron chi connectivity index (χ3n) is 5.50. The molecule has 0 aromatic heterocycles. The molecular weight excluding hydrogens is 320 g/mol. The number of carbonyl (C=O) groups is 1. The smallest absolute Gasteiger partial charge is 0.293 e. The molecule has 0 atom stereocenters. The highest BCUT2D eigenvalue weighted by atomic mass is 16.7. The molecule has 1 aromatic rings. The largest absolute Gasteiger partial charge is 0.396 e. The van der Waals surface area contributed by atoms with Crippen molar-refractivity contribution in [3.63, 3.8) is 0 Å². The lowest BCUT2D eigenvalue weighted by Crippen LogP contribution is -2.54. The van der Waals surface area contributed by atoms with Gasteiger partial charge in [0.25, 0.3) is 11.7 Å². The van der Waals surface area contributed by atoms with Crippen molar-refractivity contribution in [2.45, 2.75) is 32.0 Å². The third kappa shape index (κ3) is 2.77. The van der Waals surface area contributed by atoms with Gasteiger partial charge in [-0.05, 0) is 32.0 Å². The molecule has 136 valence electrons. The number of para-hydroxylation sites is 1. The molecule has 1 aromatic carbocycles. The Bertz CT molecular complexity index is 649. The van der Waals surface area contributed by atoms with E-state index in [-0.39, 0.29) is 12.5 Å². The average molecular weight is 346 g/mol. The molecule has 3 aliphatic rings. The Morgan fingerprint density at radius 1 is 1.12 bits per heavy atom. The Labute approximate surface area is 148 Å². The maximum absolute atomic E-state index is 13.3. The van der Waals surface area contributed by atoms with Crippen LogP contribution in [0.4, 0.5) is 5.69 Å². The Balaban J connectivity index is 1.62. The molecule has 4 rings (SSSR count). The topological polar surface area (TPSA) is 62.2 Å². The number of fused-ring (bicyclic) bond motifs is 2. The number of carbonyl (C=O) groups excluding carboxylic acids is 1. The number of rotatable bonds is 3. The van der Waals surface area contributed by atoms with Crippen LogP contribution in [0.25, 0.3) is 0 Å². The molecule has 1 amide bonds. The molecule has 3 aliphatic heterocycles. The van der Waals surface area contributed by atoms with Crippen LogP contribution >= 0.6 is 0 Å². The highest BCUT2D eigenvalue weighted by Gasteiger charge is 2.57. The third-order valence-corrected chi connectivity index (χ3v) is 5.50. The van der Waals surface area contributed by atoms with Gasteiger partial charge < -0.3 is 14.6 Å². The second-order valence-electron chi connectivity index (χ2n) is 7.73. The summed E-state index contributed by atoms with van der Waals surface area (Å²) in [7, 11) is 0. The van der Waals surface area contributed by atoms with Crippen LogP contribution in [0.1, 0.15) is 31.7 Å². The zero-order chi connectivity index (χ0) is 17.5. The number of piperidine rings is 1. The number of aliphatic hydroxyl groups excluding tert-OH is 1. The average Bonchev–Trinajstić information content (AvgIpc) is 2.88. The van der Waals surface area contributed by atoms with Gasteiger partial charge in [0.05, 0.1) is 32.2 Å². The van der Waals surface area contributed by atoms with Crippen molar-refractivity contribution >= 4 is 11.6 Å². The minimum atomic E-state index is -1.36. The van der Waals surface area contributed by atoms with E-state index in [1.807, 2.05) is 31.2 Å². The summed E-state index contributed by atoms with van der Waals surface area (Å²) < 4.78 is 12.0. The number of ether oxygens (including phenoxy) is 2. The molecule has 6 heteroatoms. The fraction of sp³-hybridized carbons (Fsp3) is 0.632. The number of likely N-dealkylation sites (tertiary alicyclic amines) is 1. The van der Waals surface area contributed by atoms with Gasteiger partial charge in [-0.25, -0.2) is 0 Å². The van der Waals surface area contributed by atoms with Gasteiger partial charge in [0, 0.05) is 11.0 Å². The van der Waals surface area contributed by atoms with Crippen molar-refractivity contribution in [3.8, 4) is 0 Å². The Morgan fingerprint density at radius 2 is 1.80 bits per heavy atom. The summed E-state index contributed by atoms with van der Waals surface area (Å²) in [6.07, 6.45) is 3.62. The van der Waals surface area contributed by atoms with Crippen LogP contribution in [0.5, 0.6) is 0 Å². The number of hydrogen-bond acceptors (Lipinski definition) is 5. The van der Waals surface area contributed by atoms with Crippen molar-refractivity contribution in [2.24, 2.45) is 5.41 Å². The quantitative estimate of drug-likeness (QED) is 0.902. The predicted octanol–water partition coefficient (Wildman–Crippen LogP) is 1.67. The van der Waals surface area contributed by atoms with Gasteiger partial charge in [-0.3, -0.25) is 14.6 Å². The van der Waals surface area contributed by atoms with Gasteiger partial charge in [-0.2, -0.15) is 0 Å². The lowest BCUT2D eigenvalue weighted by molar-refractivity contribution is -0.293. The molecule has 3 heterocycles. The van der Waals surface area contributed by atoms with E-state index in [0.29, 0.717) is 19.9 Å². The second-order valence-corrected chi connectivity index (χ2v) is 7.73. The number of anilines is 1.